The predicted molar refractivity (Wildman–Crippen MR) is 75.2 cm³/mol. The molecule has 0 spiro atoms. The van der Waals surface area contributed by atoms with Gasteiger partial charge < -0.3 is 15.2 Å². The summed E-state index contributed by atoms with van der Waals surface area (Å²) in [5.41, 5.74) is 4.18. The van der Waals surface area contributed by atoms with Crippen molar-refractivity contribution in [2.24, 2.45) is 5.10 Å². The minimum absolute atomic E-state index is 0.318. The summed E-state index contributed by atoms with van der Waals surface area (Å²) in [6.45, 7) is 3.83. The number of nitrogens with one attached hydrogen (secondary N) is 2. The molecule has 1 amide bonds. The smallest absolute Gasteiger partial charge is 0.239 e. The third-order valence-electron chi connectivity index (χ3n) is 2.54. The van der Waals surface area contributed by atoms with Crippen LogP contribution in [0.15, 0.2) is 42.0 Å². The van der Waals surface area contributed by atoms with Crippen LogP contribution in [0.2, 0.25) is 0 Å². The summed E-state index contributed by atoms with van der Waals surface area (Å²) in [4.78, 5) is 22.0. The zero-order chi connectivity index (χ0) is 14.5. The largest absolute Gasteiger partial charge is 0.550 e. The second kappa shape index (κ2) is 6.25. The fourth-order valence-electron chi connectivity index (χ4n) is 1.57. The highest BCUT2D eigenvalue weighted by Crippen LogP contribution is 2.21. The van der Waals surface area contributed by atoms with E-state index in [0.717, 1.165) is 17.3 Å². The number of rotatable bonds is 5. The van der Waals surface area contributed by atoms with E-state index in [1.165, 1.54) is 0 Å². The molecule has 20 heavy (non-hydrogen) atoms. The number of thioether (sulfide) groups is 1. The zero-order valence-corrected chi connectivity index (χ0v) is 11.3. The van der Waals surface area contributed by atoms with Gasteiger partial charge in [0.15, 0.2) is 5.17 Å². The monoisotopic (exact) mass is 290 g/mol. The molecule has 7 heteroatoms. The summed E-state index contributed by atoms with van der Waals surface area (Å²) >= 11 is 1.05. The Labute approximate surface area is 119 Å². The van der Waals surface area contributed by atoms with Crippen molar-refractivity contribution in [2.75, 3.05) is 0 Å². The highest BCUT2D eigenvalue weighted by atomic mass is 32.2. The number of aliphatic carboxylic acids is 1. The molecule has 1 aromatic carbocycles. The average molecular weight is 290 g/mol. The SMILES string of the molecule is C=C(N/N=C1/NC(=O)C(CC(=O)[O-])S1)c1ccccc1. The molecule has 104 valence electrons. The molecule has 0 aliphatic carbocycles. The number of amidine groups is 1. The summed E-state index contributed by atoms with van der Waals surface area (Å²) < 4.78 is 0. The van der Waals surface area contributed by atoms with Crippen molar-refractivity contribution >= 4 is 34.5 Å². The minimum Gasteiger partial charge on any atom is -0.550 e. The summed E-state index contributed by atoms with van der Waals surface area (Å²) in [6, 6.07) is 9.37. The number of carboxylic acids is 1. The molecule has 1 aromatic rings. The number of amides is 1. The van der Waals surface area contributed by atoms with Crippen LogP contribution in [0, 0.1) is 0 Å². The van der Waals surface area contributed by atoms with Crippen LogP contribution in [0.1, 0.15) is 12.0 Å². The van der Waals surface area contributed by atoms with Crippen LogP contribution in [0.4, 0.5) is 0 Å². The van der Waals surface area contributed by atoms with E-state index in [9.17, 15) is 14.7 Å². The standard InChI is InChI=1S/C13H13N3O3S/c1-8(9-5-3-2-4-6-9)15-16-13-14-12(19)10(20-13)7-11(17)18/h2-6,10,15H,1,7H2,(H,17,18)(H,14,16,19)/p-1. The van der Waals surface area contributed by atoms with Crippen LogP contribution in [0.3, 0.4) is 0 Å². The fraction of sp³-hybridized carbons (Fsp3) is 0.154. The van der Waals surface area contributed by atoms with Crippen LogP contribution in [0.5, 0.6) is 0 Å². The second-order valence-corrected chi connectivity index (χ2v) is 5.24. The molecule has 6 nitrogen and oxygen atoms in total. The number of nitrogens with zero attached hydrogens (tertiary/aromatic N) is 1. The Morgan fingerprint density at radius 3 is 2.80 bits per heavy atom. The molecule has 1 aliphatic rings. The van der Waals surface area contributed by atoms with Crippen LogP contribution >= 0.6 is 11.8 Å². The van der Waals surface area contributed by atoms with Gasteiger partial charge in [0.05, 0.1) is 10.9 Å². The molecule has 0 saturated carbocycles. The molecule has 2 N–H and O–H groups in total. The van der Waals surface area contributed by atoms with Crippen molar-refractivity contribution in [1.29, 1.82) is 0 Å². The second-order valence-electron chi connectivity index (χ2n) is 4.05. The first-order valence-electron chi connectivity index (χ1n) is 5.81. The van der Waals surface area contributed by atoms with Crippen molar-refractivity contribution in [3.8, 4) is 0 Å². The van der Waals surface area contributed by atoms with Crippen molar-refractivity contribution in [3.63, 3.8) is 0 Å². The van der Waals surface area contributed by atoms with Gasteiger partial charge in [-0.25, -0.2) is 0 Å². The van der Waals surface area contributed by atoms with E-state index in [1.807, 2.05) is 30.3 Å². The van der Waals surface area contributed by atoms with Gasteiger partial charge in [0.2, 0.25) is 5.91 Å². The quantitative estimate of drug-likeness (QED) is 0.738. The summed E-state index contributed by atoms with van der Waals surface area (Å²) in [5.74, 6) is -1.65. The van der Waals surface area contributed by atoms with Gasteiger partial charge in [0.1, 0.15) is 0 Å². The molecule has 1 unspecified atom stereocenters. The number of benzene rings is 1. The fourth-order valence-corrected chi connectivity index (χ4v) is 2.48. The maximum atomic E-state index is 11.5. The van der Waals surface area contributed by atoms with Crippen molar-refractivity contribution < 1.29 is 14.7 Å². The van der Waals surface area contributed by atoms with E-state index in [1.54, 1.807) is 0 Å². The first-order valence-corrected chi connectivity index (χ1v) is 6.69. The first kappa shape index (κ1) is 14.1. The molecular formula is C13H12N3O3S-. The molecule has 1 heterocycles. The summed E-state index contributed by atoms with van der Waals surface area (Å²) in [5, 5.41) is 16.6. The van der Waals surface area contributed by atoms with E-state index >= 15 is 0 Å². The van der Waals surface area contributed by atoms with E-state index in [2.05, 4.69) is 22.4 Å². The molecule has 0 radical (unpaired) electrons. The number of hydrogen-bond acceptors (Lipinski definition) is 6. The zero-order valence-electron chi connectivity index (χ0n) is 10.5. The predicted octanol–water partition coefficient (Wildman–Crippen LogP) is -0.110. The first-order chi connectivity index (χ1) is 9.56. The third kappa shape index (κ3) is 3.61. The Morgan fingerprint density at radius 2 is 2.15 bits per heavy atom. The van der Waals surface area contributed by atoms with Crippen LogP contribution in [-0.4, -0.2) is 22.3 Å². The normalized spacial score (nSPS) is 19.7. The van der Waals surface area contributed by atoms with Gasteiger partial charge in [-0.15, -0.1) is 5.10 Å². The lowest BCUT2D eigenvalue weighted by atomic mass is 10.2. The number of hydrogen-bond donors (Lipinski definition) is 2. The van der Waals surface area contributed by atoms with Crippen LogP contribution in [0.25, 0.3) is 5.70 Å². The topological polar surface area (TPSA) is 93.6 Å². The molecule has 0 aromatic heterocycles. The molecule has 2 rings (SSSR count). The Balaban J connectivity index is 1.95. The lowest BCUT2D eigenvalue weighted by Crippen LogP contribution is -2.31. The Hall–Kier alpha value is -2.28. The third-order valence-corrected chi connectivity index (χ3v) is 3.63. The lowest BCUT2D eigenvalue weighted by molar-refractivity contribution is -0.305. The lowest BCUT2D eigenvalue weighted by Gasteiger charge is -2.05. The molecule has 1 saturated heterocycles. The van der Waals surface area contributed by atoms with E-state index in [4.69, 9.17) is 0 Å². The van der Waals surface area contributed by atoms with Gasteiger partial charge in [-0.3, -0.25) is 10.2 Å². The van der Waals surface area contributed by atoms with Crippen LogP contribution in [-0.2, 0) is 9.59 Å². The van der Waals surface area contributed by atoms with Gasteiger partial charge in [-0.1, -0.05) is 48.7 Å². The average Bonchev–Trinajstić information content (AvgIpc) is 2.77. The number of hydrazone groups is 1. The van der Waals surface area contributed by atoms with Crippen molar-refractivity contribution in [1.82, 2.24) is 10.7 Å². The number of carbonyl (C=O) groups is 2. The van der Waals surface area contributed by atoms with Gasteiger partial charge in [0, 0.05) is 12.4 Å². The van der Waals surface area contributed by atoms with Crippen molar-refractivity contribution in [3.05, 3.63) is 42.5 Å². The van der Waals surface area contributed by atoms with E-state index in [0.29, 0.717) is 10.9 Å². The maximum Gasteiger partial charge on any atom is 0.239 e. The maximum absolute atomic E-state index is 11.5. The molecular weight excluding hydrogens is 278 g/mol. The van der Waals surface area contributed by atoms with E-state index < -0.39 is 11.2 Å². The number of carboxylic acid groups (broad SMARTS) is 1. The molecule has 1 aliphatic heterocycles. The van der Waals surface area contributed by atoms with Crippen molar-refractivity contribution in [2.45, 2.75) is 11.7 Å². The highest BCUT2D eigenvalue weighted by Gasteiger charge is 2.30. The highest BCUT2D eigenvalue weighted by molar-refractivity contribution is 8.15. The Morgan fingerprint density at radius 1 is 1.45 bits per heavy atom. The molecule has 1 atom stereocenters. The molecule has 1 fully saturated rings. The Bertz CT molecular complexity index is 571. The van der Waals surface area contributed by atoms with Gasteiger partial charge >= 0.3 is 0 Å². The molecule has 0 bridgehead atoms. The summed E-state index contributed by atoms with van der Waals surface area (Å²) in [7, 11) is 0. The van der Waals surface area contributed by atoms with Gasteiger partial charge in [-0.2, -0.15) is 0 Å². The minimum atomic E-state index is -1.26. The van der Waals surface area contributed by atoms with E-state index in [-0.39, 0.29) is 12.3 Å². The van der Waals surface area contributed by atoms with Gasteiger partial charge in [-0.05, 0) is 5.56 Å². The Kier molecular flexibility index (Phi) is 4.41. The van der Waals surface area contributed by atoms with Gasteiger partial charge in [0.25, 0.3) is 0 Å². The number of carbonyl (C=O) groups excluding carboxylic acids is 2. The summed E-state index contributed by atoms with van der Waals surface area (Å²) in [6.07, 6.45) is -0.338. The van der Waals surface area contributed by atoms with Crippen LogP contribution < -0.4 is 15.8 Å².